The highest BCUT2D eigenvalue weighted by Crippen LogP contribution is 2.56. The van der Waals surface area contributed by atoms with E-state index in [0.717, 1.165) is 12.0 Å². The number of carbonyl (C=O) groups excluding carboxylic acids is 1. The van der Waals surface area contributed by atoms with E-state index in [0.29, 0.717) is 21.8 Å². The summed E-state index contributed by atoms with van der Waals surface area (Å²) in [6, 6.07) is 7.68. The lowest BCUT2D eigenvalue weighted by atomic mass is 9.95. The van der Waals surface area contributed by atoms with Crippen molar-refractivity contribution in [3.63, 3.8) is 0 Å². The van der Waals surface area contributed by atoms with Gasteiger partial charge in [0.1, 0.15) is 16.5 Å². The molecule has 1 saturated heterocycles. The van der Waals surface area contributed by atoms with Crippen LogP contribution in [0.1, 0.15) is 57.9 Å². The van der Waals surface area contributed by atoms with Crippen molar-refractivity contribution in [3.05, 3.63) is 109 Å². The van der Waals surface area contributed by atoms with Crippen LogP contribution in [0.5, 0.6) is 0 Å². The Labute approximate surface area is 250 Å². The summed E-state index contributed by atoms with van der Waals surface area (Å²) in [6.07, 6.45) is 5.41. The van der Waals surface area contributed by atoms with Crippen LogP contribution >= 0.6 is 23.2 Å². The van der Waals surface area contributed by atoms with Gasteiger partial charge in [-0.25, -0.2) is 8.78 Å². The Balaban J connectivity index is 1.39. The van der Waals surface area contributed by atoms with Crippen molar-refractivity contribution in [3.8, 4) is 16.9 Å². The van der Waals surface area contributed by atoms with E-state index < -0.39 is 28.7 Å². The third-order valence-corrected chi connectivity index (χ3v) is 8.53. The number of halogens is 4. The Kier molecular flexibility index (Phi) is 6.95. The highest BCUT2D eigenvalue weighted by atomic mass is 35.5. The monoisotopic (exact) mass is 610 g/mol. The first-order chi connectivity index (χ1) is 19.9. The van der Waals surface area contributed by atoms with Crippen LogP contribution in [0.4, 0.5) is 8.78 Å². The summed E-state index contributed by atoms with van der Waals surface area (Å²) in [5.41, 5.74) is -0.163. The van der Waals surface area contributed by atoms with Crippen molar-refractivity contribution >= 4 is 29.1 Å². The first kappa shape index (κ1) is 28.5. The van der Waals surface area contributed by atoms with Gasteiger partial charge in [0.05, 0.1) is 35.0 Å². The molecule has 11 heteroatoms. The number of likely N-dealkylation sites (tertiary alicyclic amines) is 1. The Morgan fingerprint density at radius 3 is 2.50 bits per heavy atom. The van der Waals surface area contributed by atoms with Gasteiger partial charge in [-0.15, -0.1) is 0 Å². The normalized spacial score (nSPS) is 19.0. The van der Waals surface area contributed by atoms with Gasteiger partial charge in [-0.05, 0) is 80.0 Å². The van der Waals surface area contributed by atoms with Gasteiger partial charge >= 0.3 is 0 Å². The van der Waals surface area contributed by atoms with Crippen molar-refractivity contribution in [2.45, 2.75) is 44.6 Å². The number of aliphatic hydroxyl groups is 1. The molecule has 1 aliphatic heterocycles. The second-order valence-corrected chi connectivity index (χ2v) is 12.2. The van der Waals surface area contributed by atoms with Crippen molar-refractivity contribution in [1.82, 2.24) is 19.4 Å². The zero-order valence-electron chi connectivity index (χ0n) is 23.0. The number of amides is 1. The van der Waals surface area contributed by atoms with Gasteiger partial charge in [0.15, 0.2) is 5.82 Å². The molecule has 3 aromatic heterocycles. The largest absolute Gasteiger partial charge is 0.386 e. The minimum Gasteiger partial charge on any atom is -0.386 e. The van der Waals surface area contributed by atoms with Gasteiger partial charge < -0.3 is 10.0 Å². The number of aryl methyl sites for hydroxylation is 2. The van der Waals surface area contributed by atoms with Gasteiger partial charge in [-0.1, -0.05) is 29.3 Å². The van der Waals surface area contributed by atoms with Crippen LogP contribution < -0.4 is 5.56 Å². The van der Waals surface area contributed by atoms with Crippen LogP contribution in [0.15, 0.2) is 53.7 Å². The van der Waals surface area contributed by atoms with Crippen molar-refractivity contribution in [2.75, 3.05) is 13.1 Å². The van der Waals surface area contributed by atoms with Crippen LogP contribution in [0, 0.1) is 25.5 Å². The minimum atomic E-state index is -1.03. The number of hydrogen-bond acceptors (Lipinski definition) is 5. The van der Waals surface area contributed by atoms with Gasteiger partial charge in [0, 0.05) is 29.8 Å². The minimum absolute atomic E-state index is 0.0118. The fourth-order valence-corrected chi connectivity index (χ4v) is 6.28. The van der Waals surface area contributed by atoms with Gasteiger partial charge in [-0.2, -0.15) is 0 Å². The molecule has 2 aliphatic rings. The second-order valence-electron chi connectivity index (χ2n) is 11.4. The average Bonchev–Trinajstić information content (AvgIpc) is 3.72. The number of hydrogen-bond donors (Lipinski definition) is 1. The molecule has 0 radical (unpaired) electrons. The van der Waals surface area contributed by atoms with Crippen LogP contribution in [0.3, 0.4) is 0 Å². The molecule has 4 heterocycles. The van der Waals surface area contributed by atoms with E-state index in [1.165, 1.54) is 33.9 Å². The van der Waals surface area contributed by atoms with E-state index in [1.807, 2.05) is 6.07 Å². The molecule has 2 fully saturated rings. The smallest absolute Gasteiger partial charge is 0.274 e. The molecular formula is C31H26Cl2F2N4O3. The fraction of sp³-hybridized carbons (Fsp3) is 0.290. The predicted molar refractivity (Wildman–Crippen MR) is 156 cm³/mol. The molecule has 4 aromatic rings. The Bertz CT molecular complexity index is 1830. The summed E-state index contributed by atoms with van der Waals surface area (Å²) >= 11 is 12.7. The third-order valence-electron chi connectivity index (χ3n) is 7.94. The fourth-order valence-electron chi connectivity index (χ4n) is 5.82. The number of carbonyl (C=O) groups is 1. The molecule has 1 saturated carbocycles. The van der Waals surface area contributed by atoms with Crippen molar-refractivity contribution < 1.29 is 18.7 Å². The molecule has 6 rings (SSSR count). The molecule has 0 spiro atoms. The summed E-state index contributed by atoms with van der Waals surface area (Å²) < 4.78 is 33.1. The summed E-state index contributed by atoms with van der Waals surface area (Å²) in [6.45, 7) is 4.98. The quantitative estimate of drug-likeness (QED) is 0.300. The van der Waals surface area contributed by atoms with Crippen LogP contribution in [0.25, 0.3) is 16.9 Å². The summed E-state index contributed by atoms with van der Waals surface area (Å²) in [5.74, 6) is -2.39. The highest BCUT2D eigenvalue weighted by molar-refractivity contribution is 6.31. The van der Waals surface area contributed by atoms with E-state index in [-0.39, 0.29) is 52.5 Å². The summed E-state index contributed by atoms with van der Waals surface area (Å²) in [5, 5.41) is 10.5. The third kappa shape index (κ3) is 4.79. The maximum absolute atomic E-state index is 16.3. The molecule has 1 unspecified atom stereocenters. The lowest BCUT2D eigenvalue weighted by Gasteiger charge is -2.44. The maximum atomic E-state index is 16.3. The Morgan fingerprint density at radius 2 is 1.81 bits per heavy atom. The lowest BCUT2D eigenvalue weighted by molar-refractivity contribution is -0.0670. The number of nitrogens with zero attached hydrogens (tertiary/aromatic N) is 4. The number of rotatable bonds is 5. The van der Waals surface area contributed by atoms with Gasteiger partial charge in [0.2, 0.25) is 0 Å². The van der Waals surface area contributed by atoms with E-state index in [1.54, 1.807) is 39.2 Å². The summed E-state index contributed by atoms with van der Waals surface area (Å²) in [4.78, 5) is 36.1. The first-order valence-electron chi connectivity index (χ1n) is 13.4. The SMILES string of the molecule is Cc1cnc(-c2cccc(C(=O)N3CC(C)(O)C3)c2F)c(F)c1-n1c(C)cc([C@@H]2CC2c2cncc(Cl)c2)c(Cl)c1=O. The number of β-amino-alcohol motifs (C(OH)–C–C–N with tert-alkyl or cyclic N) is 1. The molecule has 2 atom stereocenters. The molecule has 1 aromatic carbocycles. The molecule has 1 N–H and O–H groups in total. The molecule has 42 heavy (non-hydrogen) atoms. The number of aromatic nitrogens is 3. The standard InChI is InChI=1S/C31H26Cl2F2N4O3/c1-15-10-37-27(19-5-4-6-20(25(19)34)29(40)38-13-31(3,42)14-38)26(35)28(15)39-16(2)7-23(24(33)30(39)41)22-9-21(22)17-8-18(32)12-36-11-17/h4-8,10-12,21-22,42H,9,13-14H2,1-3H3/t21?,22-/m1/s1. The zero-order valence-corrected chi connectivity index (χ0v) is 24.5. The van der Waals surface area contributed by atoms with Crippen LogP contribution in [-0.2, 0) is 0 Å². The molecule has 216 valence electrons. The van der Waals surface area contributed by atoms with E-state index in [2.05, 4.69) is 9.97 Å². The number of pyridine rings is 3. The van der Waals surface area contributed by atoms with E-state index in [4.69, 9.17) is 23.2 Å². The Hall–Kier alpha value is -3.66. The van der Waals surface area contributed by atoms with E-state index in [9.17, 15) is 14.7 Å². The predicted octanol–water partition coefficient (Wildman–Crippen LogP) is 5.97. The summed E-state index contributed by atoms with van der Waals surface area (Å²) in [7, 11) is 0. The van der Waals surface area contributed by atoms with Crippen molar-refractivity contribution in [1.29, 1.82) is 0 Å². The second kappa shape index (κ2) is 10.3. The van der Waals surface area contributed by atoms with Crippen molar-refractivity contribution in [2.24, 2.45) is 0 Å². The molecule has 0 bridgehead atoms. The highest BCUT2D eigenvalue weighted by Gasteiger charge is 2.42. The number of benzene rings is 1. The molecule has 1 amide bonds. The van der Waals surface area contributed by atoms with Crippen LogP contribution in [0.2, 0.25) is 10.0 Å². The van der Waals surface area contributed by atoms with Crippen LogP contribution in [-0.4, -0.2) is 49.1 Å². The zero-order chi connectivity index (χ0) is 30.1. The lowest BCUT2D eigenvalue weighted by Crippen LogP contribution is -2.61. The van der Waals surface area contributed by atoms with E-state index >= 15 is 8.78 Å². The molecular weight excluding hydrogens is 585 g/mol. The Morgan fingerprint density at radius 1 is 1.07 bits per heavy atom. The topological polar surface area (TPSA) is 88.3 Å². The maximum Gasteiger partial charge on any atom is 0.274 e. The van der Waals surface area contributed by atoms with Gasteiger partial charge in [-0.3, -0.25) is 24.1 Å². The average molecular weight is 611 g/mol. The first-order valence-corrected chi connectivity index (χ1v) is 14.1. The molecule has 7 nitrogen and oxygen atoms in total. The van der Waals surface area contributed by atoms with Gasteiger partial charge in [0.25, 0.3) is 11.5 Å². The molecule has 1 aliphatic carbocycles.